The van der Waals surface area contributed by atoms with Gasteiger partial charge in [0, 0.05) is 13.5 Å². The van der Waals surface area contributed by atoms with Gasteiger partial charge in [-0.1, -0.05) is 78.1 Å². The molecule has 0 heterocycles. The summed E-state index contributed by atoms with van der Waals surface area (Å²) in [6.07, 6.45) is 17.4. The van der Waals surface area contributed by atoms with Gasteiger partial charge in [-0.05, 0) is 39.8 Å². The number of hydrogen-bond donors (Lipinski definition) is 0. The molecule has 0 bridgehead atoms. The molecule has 0 saturated heterocycles. The van der Waals surface area contributed by atoms with E-state index in [1.807, 2.05) is 0 Å². The summed E-state index contributed by atoms with van der Waals surface area (Å²) in [7, 11) is 4.17. The average Bonchev–Trinajstić information content (AvgIpc) is 2.53. The van der Waals surface area contributed by atoms with Gasteiger partial charge in [-0.15, -0.1) is 0 Å². The zero-order valence-electron chi connectivity index (χ0n) is 17.9. The highest BCUT2D eigenvalue weighted by molar-refractivity contribution is 5.66. The lowest BCUT2D eigenvalue weighted by atomic mass is 9.88. The van der Waals surface area contributed by atoms with Gasteiger partial charge in [0.15, 0.2) is 0 Å². The average molecular weight is 356 g/mol. The van der Waals surface area contributed by atoms with Gasteiger partial charge in [-0.2, -0.15) is 0 Å². The first-order chi connectivity index (χ1) is 12.0. The molecule has 0 radical (unpaired) electrons. The summed E-state index contributed by atoms with van der Waals surface area (Å²) in [5, 5.41) is 0. The second-order valence-corrected chi connectivity index (χ2v) is 8.05. The molecule has 0 aromatic heterocycles. The Hall–Kier alpha value is -0.570. The van der Waals surface area contributed by atoms with Gasteiger partial charge in [-0.25, -0.2) is 0 Å². The number of carbonyl (C=O) groups is 1. The Bertz CT molecular complexity index is 299. The summed E-state index contributed by atoms with van der Waals surface area (Å²) in [6, 6.07) is 0. The molecule has 0 saturated carbocycles. The van der Waals surface area contributed by atoms with Gasteiger partial charge in [-0.3, -0.25) is 4.79 Å². The molecular formula is C22H45NO2. The van der Waals surface area contributed by atoms with Gasteiger partial charge in [0.2, 0.25) is 0 Å². The van der Waals surface area contributed by atoms with Crippen molar-refractivity contribution in [3.05, 3.63) is 0 Å². The molecule has 0 spiro atoms. The van der Waals surface area contributed by atoms with Crippen LogP contribution in [0.3, 0.4) is 0 Å². The Labute approximate surface area is 157 Å². The van der Waals surface area contributed by atoms with Crippen LogP contribution in [0.15, 0.2) is 0 Å². The van der Waals surface area contributed by atoms with E-state index < -0.39 is 0 Å². The number of likely N-dealkylation sites (N-methyl/N-ethyl adjacent to an activating group) is 1. The Morgan fingerprint density at radius 1 is 0.760 bits per heavy atom. The molecular weight excluding hydrogens is 310 g/mol. The predicted octanol–water partition coefficient (Wildman–Crippen LogP) is 6.35. The second-order valence-electron chi connectivity index (χ2n) is 8.05. The third-order valence-corrected chi connectivity index (χ3v) is 4.94. The summed E-state index contributed by atoms with van der Waals surface area (Å²) >= 11 is 0. The molecule has 0 aromatic carbocycles. The summed E-state index contributed by atoms with van der Waals surface area (Å²) in [4.78, 5) is 13.9. The van der Waals surface area contributed by atoms with Gasteiger partial charge in [0.1, 0.15) is 5.60 Å². The normalized spacial score (nSPS) is 11.9. The minimum atomic E-state index is -0.287. The summed E-state index contributed by atoms with van der Waals surface area (Å²) < 4.78 is 5.92. The van der Waals surface area contributed by atoms with Crippen LogP contribution in [0.1, 0.15) is 111 Å². The van der Waals surface area contributed by atoms with Crippen molar-refractivity contribution in [2.45, 2.75) is 116 Å². The number of carbonyl (C=O) groups excluding carboxylic acids is 1. The maximum Gasteiger partial charge on any atom is 0.303 e. The third kappa shape index (κ3) is 14.3. The first-order valence-corrected chi connectivity index (χ1v) is 10.8. The number of hydrogen-bond acceptors (Lipinski definition) is 3. The first-order valence-electron chi connectivity index (χ1n) is 10.8. The summed E-state index contributed by atoms with van der Waals surface area (Å²) in [5.74, 6) is -0.126. The number of ether oxygens (including phenoxy) is 1. The fraction of sp³-hybridized carbons (Fsp3) is 0.955. The lowest BCUT2D eigenvalue weighted by Crippen LogP contribution is -2.44. The number of nitrogens with zero attached hydrogens (tertiary/aromatic N) is 1. The summed E-state index contributed by atoms with van der Waals surface area (Å²) in [6.45, 7) is 6.91. The van der Waals surface area contributed by atoms with Crippen LogP contribution in [-0.4, -0.2) is 37.1 Å². The zero-order valence-corrected chi connectivity index (χ0v) is 17.9. The lowest BCUT2D eigenvalue weighted by molar-refractivity contribution is -0.160. The highest BCUT2D eigenvalue weighted by Crippen LogP contribution is 2.28. The standard InChI is InChI=1S/C22H45NO2/c1-6-8-10-12-14-16-18-22(20-23(4)5,25-21(3)24)19-17-15-13-11-9-7-2/h6-20H2,1-5H3. The van der Waals surface area contributed by atoms with E-state index in [1.165, 1.54) is 77.0 Å². The molecule has 0 amide bonds. The van der Waals surface area contributed by atoms with E-state index in [-0.39, 0.29) is 11.6 Å². The smallest absolute Gasteiger partial charge is 0.303 e. The minimum absolute atomic E-state index is 0.126. The molecule has 0 N–H and O–H groups in total. The molecule has 3 nitrogen and oxygen atoms in total. The Morgan fingerprint density at radius 2 is 1.16 bits per heavy atom. The van der Waals surface area contributed by atoms with E-state index in [4.69, 9.17) is 4.74 Å². The first kappa shape index (κ1) is 24.4. The highest BCUT2D eigenvalue weighted by atomic mass is 16.6. The molecule has 0 aliphatic carbocycles. The molecule has 25 heavy (non-hydrogen) atoms. The highest BCUT2D eigenvalue weighted by Gasteiger charge is 2.33. The van der Waals surface area contributed by atoms with E-state index >= 15 is 0 Å². The van der Waals surface area contributed by atoms with E-state index in [0.717, 1.165) is 19.4 Å². The maximum atomic E-state index is 11.7. The fourth-order valence-electron chi connectivity index (χ4n) is 3.75. The second kappa shape index (κ2) is 15.7. The van der Waals surface area contributed by atoms with Crippen LogP contribution in [-0.2, 0) is 9.53 Å². The van der Waals surface area contributed by atoms with Crippen LogP contribution < -0.4 is 0 Å². The zero-order chi connectivity index (χ0) is 19.0. The lowest BCUT2D eigenvalue weighted by Gasteiger charge is -2.36. The van der Waals surface area contributed by atoms with Gasteiger partial charge in [0.05, 0.1) is 0 Å². The third-order valence-electron chi connectivity index (χ3n) is 4.94. The molecule has 0 aliphatic rings. The van der Waals surface area contributed by atoms with Crippen molar-refractivity contribution in [2.24, 2.45) is 0 Å². The molecule has 0 rings (SSSR count). The Balaban J connectivity index is 4.49. The molecule has 0 fully saturated rings. The van der Waals surface area contributed by atoms with Crippen molar-refractivity contribution in [1.82, 2.24) is 4.90 Å². The van der Waals surface area contributed by atoms with Crippen LogP contribution in [0.4, 0.5) is 0 Å². The Morgan fingerprint density at radius 3 is 1.52 bits per heavy atom. The van der Waals surface area contributed by atoms with Crippen molar-refractivity contribution in [1.29, 1.82) is 0 Å². The van der Waals surface area contributed by atoms with Crippen molar-refractivity contribution < 1.29 is 9.53 Å². The van der Waals surface area contributed by atoms with Crippen molar-refractivity contribution in [3.8, 4) is 0 Å². The van der Waals surface area contributed by atoms with E-state index in [1.54, 1.807) is 6.92 Å². The topological polar surface area (TPSA) is 29.5 Å². The molecule has 3 heteroatoms. The van der Waals surface area contributed by atoms with Crippen LogP contribution in [0, 0.1) is 0 Å². The number of rotatable bonds is 17. The van der Waals surface area contributed by atoms with Gasteiger partial charge >= 0.3 is 5.97 Å². The number of esters is 1. The van der Waals surface area contributed by atoms with Crippen LogP contribution in [0.25, 0.3) is 0 Å². The molecule has 0 atom stereocenters. The Kier molecular flexibility index (Phi) is 15.3. The predicted molar refractivity (Wildman–Crippen MR) is 109 cm³/mol. The quantitative estimate of drug-likeness (QED) is 0.225. The fourth-order valence-corrected chi connectivity index (χ4v) is 3.75. The van der Waals surface area contributed by atoms with Gasteiger partial charge < -0.3 is 9.64 Å². The minimum Gasteiger partial charge on any atom is -0.458 e. The molecule has 0 aromatic rings. The van der Waals surface area contributed by atoms with Crippen molar-refractivity contribution in [2.75, 3.05) is 20.6 Å². The number of unbranched alkanes of at least 4 members (excludes halogenated alkanes) is 10. The van der Waals surface area contributed by atoms with Crippen LogP contribution >= 0.6 is 0 Å². The monoisotopic (exact) mass is 355 g/mol. The van der Waals surface area contributed by atoms with Crippen molar-refractivity contribution in [3.63, 3.8) is 0 Å². The van der Waals surface area contributed by atoms with Crippen molar-refractivity contribution >= 4 is 5.97 Å². The summed E-state index contributed by atoms with van der Waals surface area (Å²) in [5.41, 5.74) is -0.287. The molecule has 0 aliphatic heterocycles. The van der Waals surface area contributed by atoms with Crippen LogP contribution in [0.2, 0.25) is 0 Å². The van der Waals surface area contributed by atoms with Gasteiger partial charge in [0.25, 0.3) is 0 Å². The van der Waals surface area contributed by atoms with E-state index in [0.29, 0.717) is 0 Å². The SMILES string of the molecule is CCCCCCCCC(CCCCCCCC)(CN(C)C)OC(C)=O. The largest absolute Gasteiger partial charge is 0.458 e. The molecule has 0 unspecified atom stereocenters. The van der Waals surface area contributed by atoms with E-state index in [9.17, 15) is 4.79 Å². The van der Waals surface area contributed by atoms with Crippen LogP contribution in [0.5, 0.6) is 0 Å². The van der Waals surface area contributed by atoms with E-state index in [2.05, 4.69) is 32.8 Å². The molecule has 150 valence electrons. The maximum absolute atomic E-state index is 11.7.